The molecule has 1 N–H and O–H groups in total. The van der Waals surface area contributed by atoms with E-state index in [2.05, 4.69) is 20.2 Å². The van der Waals surface area contributed by atoms with Crippen LogP contribution in [0.3, 0.4) is 0 Å². The van der Waals surface area contributed by atoms with Crippen LogP contribution >= 0.6 is 0 Å². The average Bonchev–Trinajstić information content (AvgIpc) is 3.25. The van der Waals surface area contributed by atoms with E-state index in [1.165, 1.54) is 19.2 Å². The molecule has 2 aliphatic rings. The van der Waals surface area contributed by atoms with Gasteiger partial charge < -0.3 is 14.7 Å². The first-order chi connectivity index (χ1) is 15.9. The maximum absolute atomic E-state index is 14.9. The Labute approximate surface area is 190 Å². The molecule has 2 aromatic heterocycles. The van der Waals surface area contributed by atoms with E-state index < -0.39 is 12.0 Å². The molecule has 0 radical (unpaired) electrons. The number of aromatic hydroxyl groups is 1. The monoisotopic (exact) mass is 453 g/mol. The zero-order chi connectivity index (χ0) is 23.1. The van der Waals surface area contributed by atoms with Gasteiger partial charge in [0.05, 0.1) is 31.1 Å². The van der Waals surface area contributed by atoms with Crippen molar-refractivity contribution in [2.45, 2.75) is 37.9 Å². The summed E-state index contributed by atoms with van der Waals surface area (Å²) in [6.07, 6.45) is 5.61. The molecule has 5 rings (SSSR count). The largest absolute Gasteiger partial charge is 0.507 e. The number of benzene rings is 1. The van der Waals surface area contributed by atoms with Gasteiger partial charge in [0.15, 0.2) is 11.6 Å². The number of hydrogen-bond acceptors (Lipinski definition) is 7. The quantitative estimate of drug-likeness (QED) is 0.612. The molecule has 4 atom stereocenters. The predicted molar refractivity (Wildman–Crippen MR) is 119 cm³/mol. The van der Waals surface area contributed by atoms with Gasteiger partial charge in [0.2, 0.25) is 5.88 Å². The van der Waals surface area contributed by atoms with Crippen molar-refractivity contribution in [2.24, 2.45) is 11.8 Å². The summed E-state index contributed by atoms with van der Waals surface area (Å²) in [6, 6.07) is 5.93. The van der Waals surface area contributed by atoms with Crippen LogP contribution < -0.4 is 9.64 Å². The Kier molecular flexibility index (Phi) is 5.55. The minimum absolute atomic E-state index is 0.113. The van der Waals surface area contributed by atoms with E-state index >= 15 is 0 Å². The second-order valence-electron chi connectivity index (χ2n) is 8.88. The third kappa shape index (κ3) is 3.96. The summed E-state index contributed by atoms with van der Waals surface area (Å²) in [6.45, 7) is 0. The van der Waals surface area contributed by atoms with E-state index in [1.54, 1.807) is 18.3 Å². The number of fused-ring (bicyclic) bond motifs is 2. The molecule has 0 unspecified atom stereocenters. The molecule has 2 saturated carbocycles. The third-order valence-corrected chi connectivity index (χ3v) is 6.97. The Morgan fingerprint density at radius 3 is 2.64 bits per heavy atom. The molecule has 0 spiro atoms. The van der Waals surface area contributed by atoms with Gasteiger partial charge in [0, 0.05) is 18.7 Å². The zero-order valence-corrected chi connectivity index (χ0v) is 18.4. The molecule has 3 aromatic rings. The number of methoxy groups -OCH3 is 1. The highest BCUT2D eigenvalue weighted by Gasteiger charge is 2.44. The Balaban J connectivity index is 1.37. The van der Waals surface area contributed by atoms with Crippen LogP contribution in [-0.4, -0.2) is 51.6 Å². The zero-order valence-electron chi connectivity index (χ0n) is 18.4. The summed E-state index contributed by atoms with van der Waals surface area (Å²) in [5.41, 5.74) is 1.07. The van der Waals surface area contributed by atoms with Gasteiger partial charge in [-0.2, -0.15) is 0 Å². The van der Waals surface area contributed by atoms with Gasteiger partial charge in [-0.1, -0.05) is 6.07 Å². The van der Waals surface area contributed by atoms with Crippen LogP contribution in [0.1, 0.15) is 25.7 Å². The fourth-order valence-corrected chi connectivity index (χ4v) is 5.14. The first kappa shape index (κ1) is 21.5. The van der Waals surface area contributed by atoms with E-state index in [1.807, 2.05) is 11.9 Å². The van der Waals surface area contributed by atoms with Gasteiger partial charge in [-0.15, -0.1) is 10.2 Å². The van der Waals surface area contributed by atoms with Crippen molar-refractivity contribution < 1.29 is 18.6 Å². The average molecular weight is 453 g/mol. The topological polar surface area (TPSA) is 84.3 Å². The van der Waals surface area contributed by atoms with Crippen molar-refractivity contribution in [2.75, 3.05) is 19.1 Å². The van der Waals surface area contributed by atoms with Gasteiger partial charge in [-0.3, -0.25) is 0 Å². The number of phenols is 1. The lowest BCUT2D eigenvalue weighted by atomic mass is 9.83. The molecule has 0 saturated heterocycles. The number of ether oxygens (including phenoxy) is 1. The number of aromatic nitrogens is 4. The molecular weight excluding hydrogens is 428 g/mol. The summed E-state index contributed by atoms with van der Waals surface area (Å²) in [5.74, 6) is 1.06. The third-order valence-electron chi connectivity index (χ3n) is 6.97. The van der Waals surface area contributed by atoms with E-state index in [9.17, 15) is 13.9 Å². The molecule has 33 heavy (non-hydrogen) atoms. The van der Waals surface area contributed by atoms with E-state index in [0.29, 0.717) is 22.9 Å². The molecule has 2 fully saturated rings. The highest BCUT2D eigenvalue weighted by molar-refractivity contribution is 5.73. The predicted octanol–water partition coefficient (Wildman–Crippen LogP) is 4.42. The Morgan fingerprint density at radius 2 is 1.91 bits per heavy atom. The maximum Gasteiger partial charge on any atom is 0.213 e. The molecule has 9 heteroatoms. The van der Waals surface area contributed by atoms with Crippen LogP contribution in [-0.2, 0) is 0 Å². The summed E-state index contributed by atoms with van der Waals surface area (Å²) in [5, 5.41) is 19.0. The van der Waals surface area contributed by atoms with Crippen LogP contribution in [0.25, 0.3) is 22.5 Å². The fraction of sp³-hybridized carbons (Fsp3) is 0.417. The van der Waals surface area contributed by atoms with Crippen molar-refractivity contribution in [1.82, 2.24) is 20.2 Å². The molecule has 0 aliphatic heterocycles. The second-order valence-corrected chi connectivity index (χ2v) is 8.88. The Hall–Kier alpha value is -3.36. The van der Waals surface area contributed by atoms with Crippen LogP contribution in [0.5, 0.6) is 11.6 Å². The van der Waals surface area contributed by atoms with Crippen LogP contribution in [0.15, 0.2) is 36.7 Å². The van der Waals surface area contributed by atoms with Crippen molar-refractivity contribution in [3.63, 3.8) is 0 Å². The van der Waals surface area contributed by atoms with E-state index in [4.69, 9.17) is 4.74 Å². The number of phenolic OH excluding ortho intramolecular Hbond substituents is 1. The number of alkyl halides is 1. The molecular formula is C24H25F2N5O2. The number of anilines is 1. The van der Waals surface area contributed by atoms with Gasteiger partial charge >= 0.3 is 0 Å². The lowest BCUT2D eigenvalue weighted by molar-refractivity contribution is 0.144. The lowest BCUT2D eigenvalue weighted by Crippen LogP contribution is -2.46. The summed E-state index contributed by atoms with van der Waals surface area (Å²) >= 11 is 0. The standard InChI is InChI=1S/C24H25F2N5O2/c1-31(19-8-13-3-4-15(7-13)23(19)26)21-12-28-24(30-29-21)16-6-5-14(9-20(16)32)17-10-22(33-2)27-11-18(17)25/h5-6,9-13,15,19,23,32H,3-4,7-8H2,1-2H3/t13-,15+,19+,23-/m1/s1. The maximum atomic E-state index is 14.9. The fourth-order valence-electron chi connectivity index (χ4n) is 5.14. The lowest BCUT2D eigenvalue weighted by Gasteiger charge is -2.37. The minimum atomic E-state index is -0.876. The first-order valence-corrected chi connectivity index (χ1v) is 11.0. The molecule has 2 bridgehead atoms. The van der Waals surface area contributed by atoms with Gasteiger partial charge in [0.25, 0.3) is 0 Å². The van der Waals surface area contributed by atoms with E-state index in [-0.39, 0.29) is 35.0 Å². The van der Waals surface area contributed by atoms with Gasteiger partial charge in [-0.25, -0.2) is 18.7 Å². The molecule has 1 aromatic carbocycles. The van der Waals surface area contributed by atoms with Crippen LogP contribution in [0.2, 0.25) is 0 Å². The van der Waals surface area contributed by atoms with Crippen molar-refractivity contribution in [1.29, 1.82) is 0 Å². The van der Waals surface area contributed by atoms with Gasteiger partial charge in [0.1, 0.15) is 17.7 Å². The van der Waals surface area contributed by atoms with Gasteiger partial charge in [-0.05, 0) is 55.2 Å². The SMILES string of the molecule is COc1cc(-c2ccc(-c3ncc(N(C)[C@H]4C[C@@H]5CC[C@@H](C5)[C@H]4F)nn3)c(O)c2)c(F)cn1. The highest BCUT2D eigenvalue weighted by atomic mass is 19.1. The number of rotatable bonds is 5. The number of pyridine rings is 1. The molecule has 0 amide bonds. The molecule has 2 heterocycles. The number of hydrogen-bond donors (Lipinski definition) is 1. The highest BCUT2D eigenvalue weighted by Crippen LogP contribution is 2.45. The van der Waals surface area contributed by atoms with Crippen LogP contribution in [0, 0.1) is 17.7 Å². The Morgan fingerprint density at radius 1 is 1.06 bits per heavy atom. The van der Waals surface area contributed by atoms with E-state index in [0.717, 1.165) is 31.9 Å². The smallest absolute Gasteiger partial charge is 0.213 e. The number of nitrogens with zero attached hydrogens (tertiary/aromatic N) is 5. The van der Waals surface area contributed by atoms with Crippen LogP contribution in [0.4, 0.5) is 14.6 Å². The molecule has 172 valence electrons. The summed E-state index contributed by atoms with van der Waals surface area (Å²) < 4.78 is 34.2. The second kappa shape index (κ2) is 8.53. The first-order valence-electron chi connectivity index (χ1n) is 11.0. The van der Waals surface area contributed by atoms with Crippen molar-refractivity contribution in [3.8, 4) is 34.1 Å². The van der Waals surface area contributed by atoms with Crippen molar-refractivity contribution in [3.05, 3.63) is 42.5 Å². The molecule has 7 nitrogen and oxygen atoms in total. The molecule has 2 aliphatic carbocycles. The normalized spacial score (nSPS) is 24.0. The number of halogens is 2. The van der Waals surface area contributed by atoms with Crippen molar-refractivity contribution >= 4 is 5.82 Å². The minimum Gasteiger partial charge on any atom is -0.507 e. The summed E-state index contributed by atoms with van der Waals surface area (Å²) in [7, 11) is 3.28. The Bertz CT molecular complexity index is 1160. The summed E-state index contributed by atoms with van der Waals surface area (Å²) in [4.78, 5) is 10.0.